The van der Waals surface area contributed by atoms with Gasteiger partial charge in [0, 0.05) is 30.5 Å². The van der Waals surface area contributed by atoms with Crippen molar-refractivity contribution in [3.05, 3.63) is 83.1 Å². The van der Waals surface area contributed by atoms with Gasteiger partial charge < -0.3 is 5.32 Å². The minimum absolute atomic E-state index is 0.776. The van der Waals surface area contributed by atoms with Crippen molar-refractivity contribution in [1.82, 2.24) is 15.1 Å². The van der Waals surface area contributed by atoms with E-state index in [1.54, 1.807) is 6.20 Å². The molecule has 0 aliphatic rings. The molecule has 3 rings (SSSR count). The lowest BCUT2D eigenvalue weighted by atomic mass is 10.2. The fourth-order valence-electron chi connectivity index (χ4n) is 2.19. The highest BCUT2D eigenvalue weighted by Crippen LogP contribution is 2.11. The van der Waals surface area contributed by atoms with E-state index in [2.05, 4.69) is 40.7 Å². The Balaban J connectivity index is 1.56. The highest BCUT2D eigenvalue weighted by molar-refractivity contribution is 6.30. The van der Waals surface area contributed by atoms with E-state index < -0.39 is 0 Å². The number of rotatable bonds is 5. The fourth-order valence-corrected chi connectivity index (χ4v) is 2.40. The van der Waals surface area contributed by atoms with E-state index in [1.165, 1.54) is 11.1 Å². The predicted octanol–water partition coefficient (Wildman–Crippen LogP) is 3.82. The largest absolute Gasteiger partial charge is 0.309 e. The molecule has 0 saturated heterocycles. The molecule has 3 aromatic rings. The summed E-state index contributed by atoms with van der Waals surface area (Å²) < 4.78 is 1.85. The maximum atomic E-state index is 5.97. The monoisotopic (exact) mass is 297 g/mol. The lowest BCUT2D eigenvalue weighted by Crippen LogP contribution is -2.12. The standard InChI is InChI=1S/C17H16ClN3/c18-16-4-1-3-15(11-16)13-19-12-14-5-7-17(8-6-14)21-10-2-9-20-21/h1-11,19H,12-13H2. The van der Waals surface area contributed by atoms with Gasteiger partial charge in [-0.1, -0.05) is 35.9 Å². The third-order valence-corrected chi connectivity index (χ3v) is 3.49. The average molecular weight is 298 g/mol. The summed E-state index contributed by atoms with van der Waals surface area (Å²) in [7, 11) is 0. The molecule has 0 unspecified atom stereocenters. The second kappa shape index (κ2) is 6.57. The Labute approximate surface area is 129 Å². The Morgan fingerprint density at radius 2 is 1.76 bits per heavy atom. The normalized spacial score (nSPS) is 10.7. The van der Waals surface area contributed by atoms with Gasteiger partial charge in [0.1, 0.15) is 0 Å². The molecule has 106 valence electrons. The number of benzene rings is 2. The van der Waals surface area contributed by atoms with Crippen molar-refractivity contribution >= 4 is 11.6 Å². The third kappa shape index (κ3) is 3.72. The summed E-state index contributed by atoms with van der Waals surface area (Å²) in [5.41, 5.74) is 3.50. The molecule has 21 heavy (non-hydrogen) atoms. The molecule has 0 bridgehead atoms. The first-order valence-electron chi connectivity index (χ1n) is 6.85. The predicted molar refractivity (Wildman–Crippen MR) is 85.6 cm³/mol. The number of halogens is 1. The lowest BCUT2D eigenvalue weighted by molar-refractivity contribution is 0.693. The summed E-state index contributed by atoms with van der Waals surface area (Å²) in [5, 5.41) is 8.41. The first kappa shape index (κ1) is 13.9. The maximum Gasteiger partial charge on any atom is 0.0645 e. The van der Waals surface area contributed by atoms with Crippen LogP contribution in [0.1, 0.15) is 11.1 Å². The van der Waals surface area contributed by atoms with Crippen LogP contribution in [0.15, 0.2) is 67.0 Å². The van der Waals surface area contributed by atoms with E-state index in [0.29, 0.717) is 0 Å². The van der Waals surface area contributed by atoms with Gasteiger partial charge in [-0.2, -0.15) is 5.10 Å². The molecule has 0 spiro atoms. The van der Waals surface area contributed by atoms with Gasteiger partial charge in [-0.3, -0.25) is 0 Å². The zero-order valence-electron chi connectivity index (χ0n) is 11.5. The van der Waals surface area contributed by atoms with Crippen molar-refractivity contribution in [3.63, 3.8) is 0 Å². The lowest BCUT2D eigenvalue weighted by Gasteiger charge is -2.07. The third-order valence-electron chi connectivity index (χ3n) is 3.25. The van der Waals surface area contributed by atoms with Gasteiger partial charge in [-0.15, -0.1) is 0 Å². The molecule has 0 atom stereocenters. The molecule has 0 radical (unpaired) electrons. The topological polar surface area (TPSA) is 29.9 Å². The number of aromatic nitrogens is 2. The molecular weight excluding hydrogens is 282 g/mol. The molecular formula is C17H16ClN3. The first-order valence-corrected chi connectivity index (χ1v) is 7.23. The van der Waals surface area contributed by atoms with Gasteiger partial charge in [0.15, 0.2) is 0 Å². The smallest absolute Gasteiger partial charge is 0.0645 e. The SMILES string of the molecule is Clc1cccc(CNCc2ccc(-n3cccn3)cc2)c1. The molecule has 4 heteroatoms. The Bertz CT molecular complexity index is 690. The minimum atomic E-state index is 0.776. The van der Waals surface area contributed by atoms with Gasteiger partial charge in [-0.05, 0) is 41.5 Å². The molecule has 1 N–H and O–H groups in total. The van der Waals surface area contributed by atoms with Crippen LogP contribution in [-0.4, -0.2) is 9.78 Å². The van der Waals surface area contributed by atoms with Crippen molar-refractivity contribution in [3.8, 4) is 5.69 Å². The molecule has 0 aliphatic heterocycles. The summed E-state index contributed by atoms with van der Waals surface area (Å²) in [4.78, 5) is 0. The van der Waals surface area contributed by atoms with Crippen LogP contribution in [0, 0.1) is 0 Å². The Morgan fingerprint density at radius 3 is 2.48 bits per heavy atom. The molecule has 1 heterocycles. The van der Waals surface area contributed by atoms with Crippen LogP contribution in [0.2, 0.25) is 5.02 Å². The van der Waals surface area contributed by atoms with Gasteiger partial charge >= 0.3 is 0 Å². The van der Waals surface area contributed by atoms with E-state index in [-0.39, 0.29) is 0 Å². The quantitative estimate of drug-likeness (QED) is 0.776. The van der Waals surface area contributed by atoms with Gasteiger partial charge in [0.05, 0.1) is 5.69 Å². The van der Waals surface area contributed by atoms with E-state index in [1.807, 2.05) is 35.1 Å². The minimum Gasteiger partial charge on any atom is -0.309 e. The fraction of sp³-hybridized carbons (Fsp3) is 0.118. The van der Waals surface area contributed by atoms with Crippen molar-refractivity contribution in [1.29, 1.82) is 0 Å². The van der Waals surface area contributed by atoms with Crippen molar-refractivity contribution in [2.75, 3.05) is 0 Å². The summed E-state index contributed by atoms with van der Waals surface area (Å²) >= 11 is 5.97. The van der Waals surface area contributed by atoms with Crippen molar-refractivity contribution in [2.45, 2.75) is 13.1 Å². The van der Waals surface area contributed by atoms with Gasteiger partial charge in [0.25, 0.3) is 0 Å². The maximum absolute atomic E-state index is 5.97. The Morgan fingerprint density at radius 1 is 0.952 bits per heavy atom. The van der Waals surface area contributed by atoms with Crippen LogP contribution < -0.4 is 5.32 Å². The zero-order chi connectivity index (χ0) is 14.5. The van der Waals surface area contributed by atoms with Crippen LogP contribution in [0.3, 0.4) is 0 Å². The van der Waals surface area contributed by atoms with E-state index in [0.717, 1.165) is 23.8 Å². The van der Waals surface area contributed by atoms with Crippen LogP contribution in [0.4, 0.5) is 0 Å². The average Bonchev–Trinajstić information content (AvgIpc) is 3.02. The molecule has 0 saturated carbocycles. The Kier molecular flexibility index (Phi) is 4.34. The van der Waals surface area contributed by atoms with Crippen LogP contribution >= 0.6 is 11.6 Å². The molecule has 0 fully saturated rings. The number of nitrogens with one attached hydrogen (secondary N) is 1. The summed E-state index contributed by atoms with van der Waals surface area (Å²) in [6.45, 7) is 1.63. The van der Waals surface area contributed by atoms with E-state index >= 15 is 0 Å². The van der Waals surface area contributed by atoms with E-state index in [9.17, 15) is 0 Å². The molecule has 0 amide bonds. The van der Waals surface area contributed by atoms with Gasteiger partial charge in [0.2, 0.25) is 0 Å². The summed E-state index contributed by atoms with van der Waals surface area (Å²) in [5.74, 6) is 0. The summed E-state index contributed by atoms with van der Waals surface area (Å²) in [6, 6.07) is 18.2. The zero-order valence-corrected chi connectivity index (χ0v) is 12.3. The van der Waals surface area contributed by atoms with Crippen LogP contribution in [-0.2, 0) is 13.1 Å². The first-order chi connectivity index (χ1) is 10.3. The number of hydrogen-bond acceptors (Lipinski definition) is 2. The number of hydrogen-bond donors (Lipinski definition) is 1. The van der Waals surface area contributed by atoms with Crippen LogP contribution in [0.5, 0.6) is 0 Å². The van der Waals surface area contributed by atoms with Crippen molar-refractivity contribution in [2.24, 2.45) is 0 Å². The second-order valence-corrected chi connectivity index (χ2v) is 5.29. The number of nitrogens with zero attached hydrogens (tertiary/aromatic N) is 2. The summed E-state index contributed by atoms with van der Waals surface area (Å²) in [6.07, 6.45) is 3.72. The highest BCUT2D eigenvalue weighted by Gasteiger charge is 1.98. The molecule has 3 nitrogen and oxygen atoms in total. The molecule has 0 aliphatic carbocycles. The van der Waals surface area contributed by atoms with Crippen LogP contribution in [0.25, 0.3) is 5.69 Å². The van der Waals surface area contributed by atoms with Crippen molar-refractivity contribution < 1.29 is 0 Å². The second-order valence-electron chi connectivity index (χ2n) is 4.85. The highest BCUT2D eigenvalue weighted by atomic mass is 35.5. The molecule has 1 aromatic heterocycles. The van der Waals surface area contributed by atoms with E-state index in [4.69, 9.17) is 11.6 Å². The Hall–Kier alpha value is -2.10. The van der Waals surface area contributed by atoms with Gasteiger partial charge in [-0.25, -0.2) is 4.68 Å². The molecule has 2 aromatic carbocycles.